The van der Waals surface area contributed by atoms with Gasteiger partial charge in [-0.3, -0.25) is 0 Å². The second kappa shape index (κ2) is 7.25. The van der Waals surface area contributed by atoms with Crippen molar-refractivity contribution in [3.05, 3.63) is 12.3 Å². The van der Waals surface area contributed by atoms with Crippen molar-refractivity contribution in [3.8, 4) is 5.88 Å². The summed E-state index contributed by atoms with van der Waals surface area (Å²) in [6.07, 6.45) is 3.50. The van der Waals surface area contributed by atoms with Gasteiger partial charge in [0.05, 0.1) is 13.4 Å². The lowest BCUT2D eigenvalue weighted by Crippen LogP contribution is -2.31. The van der Waals surface area contributed by atoms with Gasteiger partial charge < -0.3 is 10.1 Å². The third-order valence-corrected chi connectivity index (χ3v) is 3.91. The number of nitrogens with one attached hydrogen (secondary N) is 1. The summed E-state index contributed by atoms with van der Waals surface area (Å²) < 4.78 is 29.2. The second-order valence-electron chi connectivity index (χ2n) is 3.96. The number of methoxy groups -OCH3 is 1. The molecule has 0 bridgehead atoms. The van der Waals surface area contributed by atoms with Crippen LogP contribution in [0.25, 0.3) is 0 Å². The fourth-order valence-electron chi connectivity index (χ4n) is 1.56. The lowest BCUT2D eigenvalue weighted by Gasteiger charge is -2.17. The minimum absolute atomic E-state index is 0.474. The molecular formula is C11H20N4O3S. The van der Waals surface area contributed by atoms with Crippen LogP contribution in [-0.4, -0.2) is 55.7 Å². The molecule has 0 aliphatic heterocycles. The van der Waals surface area contributed by atoms with E-state index in [1.165, 1.54) is 17.7 Å². The summed E-state index contributed by atoms with van der Waals surface area (Å²) in [4.78, 5) is 8.14. The summed E-state index contributed by atoms with van der Waals surface area (Å²) in [5, 5.41) is 3.03. The molecule has 108 valence electrons. The quantitative estimate of drug-likeness (QED) is 0.704. The van der Waals surface area contributed by atoms with Gasteiger partial charge in [-0.25, -0.2) is 17.7 Å². The summed E-state index contributed by atoms with van der Waals surface area (Å²) in [6.45, 7) is 3.37. The summed E-state index contributed by atoms with van der Waals surface area (Å²) in [6, 6.07) is 1.66. The zero-order valence-corrected chi connectivity index (χ0v) is 12.3. The van der Waals surface area contributed by atoms with Crippen molar-refractivity contribution < 1.29 is 13.2 Å². The van der Waals surface area contributed by atoms with Crippen molar-refractivity contribution in [2.75, 3.05) is 38.3 Å². The van der Waals surface area contributed by atoms with E-state index < -0.39 is 10.0 Å². The van der Waals surface area contributed by atoms with Gasteiger partial charge in [-0.15, -0.1) is 0 Å². The van der Waals surface area contributed by atoms with Gasteiger partial charge in [0.25, 0.3) is 0 Å². The number of aromatic nitrogens is 2. The molecule has 0 saturated carbocycles. The molecule has 1 rings (SSSR count). The van der Waals surface area contributed by atoms with Crippen LogP contribution in [0.4, 0.5) is 5.95 Å². The number of ether oxygens (including phenoxy) is 1. The molecular weight excluding hydrogens is 268 g/mol. The Bertz CT molecular complexity index is 492. The van der Waals surface area contributed by atoms with Gasteiger partial charge in [-0.1, -0.05) is 6.92 Å². The lowest BCUT2D eigenvalue weighted by atomic mass is 10.4. The molecule has 0 aromatic carbocycles. The predicted octanol–water partition coefficient (Wildman–Crippen LogP) is 0.569. The summed E-state index contributed by atoms with van der Waals surface area (Å²) in [7, 11) is -1.58. The Balaban J connectivity index is 2.38. The highest BCUT2D eigenvalue weighted by atomic mass is 32.2. The summed E-state index contributed by atoms with van der Waals surface area (Å²) in [5.74, 6) is 0.963. The van der Waals surface area contributed by atoms with Gasteiger partial charge in [-0.05, 0) is 6.42 Å². The van der Waals surface area contributed by atoms with Crippen LogP contribution in [0.1, 0.15) is 13.3 Å². The van der Waals surface area contributed by atoms with Gasteiger partial charge in [-0.2, -0.15) is 4.98 Å². The maximum Gasteiger partial charge on any atom is 0.225 e. The van der Waals surface area contributed by atoms with Crippen LogP contribution in [0.3, 0.4) is 0 Å². The second-order valence-corrected chi connectivity index (χ2v) is 5.94. The Labute approximate surface area is 114 Å². The molecule has 0 unspecified atom stereocenters. The standard InChI is InChI=1S/C11H20N4O3S/c1-4-15(19(3,16)17)9-5-7-12-11-13-8-6-10(14-11)18-2/h6,8H,4-5,7,9H2,1-3H3,(H,12,13,14). The monoisotopic (exact) mass is 288 g/mol. The van der Waals surface area contributed by atoms with Gasteiger partial charge >= 0.3 is 0 Å². The smallest absolute Gasteiger partial charge is 0.225 e. The van der Waals surface area contributed by atoms with Crippen molar-refractivity contribution >= 4 is 16.0 Å². The molecule has 1 N–H and O–H groups in total. The molecule has 19 heavy (non-hydrogen) atoms. The van der Waals surface area contributed by atoms with Crippen LogP contribution >= 0.6 is 0 Å². The van der Waals surface area contributed by atoms with Crippen molar-refractivity contribution in [3.63, 3.8) is 0 Å². The molecule has 7 nitrogen and oxygen atoms in total. The van der Waals surface area contributed by atoms with Crippen LogP contribution in [0.15, 0.2) is 12.3 Å². The van der Waals surface area contributed by atoms with Crippen molar-refractivity contribution in [2.45, 2.75) is 13.3 Å². The first kappa shape index (κ1) is 15.6. The largest absolute Gasteiger partial charge is 0.481 e. The first-order valence-electron chi connectivity index (χ1n) is 6.03. The molecule has 0 atom stereocenters. The predicted molar refractivity (Wildman–Crippen MR) is 73.8 cm³/mol. The zero-order valence-electron chi connectivity index (χ0n) is 11.5. The topological polar surface area (TPSA) is 84.4 Å². The van der Waals surface area contributed by atoms with E-state index in [4.69, 9.17) is 4.74 Å². The van der Waals surface area contributed by atoms with Gasteiger partial charge in [0.2, 0.25) is 21.9 Å². The number of hydrogen-bond donors (Lipinski definition) is 1. The Morgan fingerprint density at radius 2 is 2.21 bits per heavy atom. The Kier molecular flexibility index (Phi) is 5.97. The Morgan fingerprint density at radius 3 is 2.79 bits per heavy atom. The number of nitrogens with zero attached hydrogens (tertiary/aromatic N) is 3. The van der Waals surface area contributed by atoms with Crippen LogP contribution in [0.5, 0.6) is 5.88 Å². The number of rotatable bonds is 8. The molecule has 1 heterocycles. The first-order valence-corrected chi connectivity index (χ1v) is 7.88. The van der Waals surface area contributed by atoms with E-state index in [-0.39, 0.29) is 0 Å². The van der Waals surface area contributed by atoms with E-state index in [1.54, 1.807) is 12.3 Å². The normalized spacial score (nSPS) is 11.6. The molecule has 0 radical (unpaired) electrons. The number of sulfonamides is 1. The molecule has 1 aromatic rings. The third-order valence-electron chi connectivity index (χ3n) is 2.53. The highest BCUT2D eigenvalue weighted by Crippen LogP contribution is 2.07. The van der Waals surface area contributed by atoms with Crippen LogP contribution in [0.2, 0.25) is 0 Å². The molecule has 8 heteroatoms. The molecule has 0 spiro atoms. The average Bonchev–Trinajstić information content (AvgIpc) is 2.37. The lowest BCUT2D eigenvalue weighted by molar-refractivity contribution is 0.397. The Hall–Kier alpha value is -1.41. The van der Waals surface area contributed by atoms with Crippen molar-refractivity contribution in [2.24, 2.45) is 0 Å². The van der Waals surface area contributed by atoms with E-state index in [1.807, 2.05) is 6.92 Å². The maximum absolute atomic E-state index is 11.4. The highest BCUT2D eigenvalue weighted by molar-refractivity contribution is 7.88. The average molecular weight is 288 g/mol. The molecule has 0 aliphatic rings. The molecule has 0 saturated heterocycles. The minimum Gasteiger partial charge on any atom is -0.481 e. The SMILES string of the molecule is CCN(CCCNc1nccc(OC)n1)S(C)(=O)=O. The summed E-state index contributed by atoms with van der Waals surface area (Å²) in [5.41, 5.74) is 0. The molecule has 0 aliphatic carbocycles. The summed E-state index contributed by atoms with van der Waals surface area (Å²) >= 11 is 0. The van der Waals surface area contributed by atoms with Gasteiger partial charge in [0, 0.05) is 31.9 Å². The van der Waals surface area contributed by atoms with Crippen LogP contribution in [0, 0.1) is 0 Å². The van der Waals surface area contributed by atoms with E-state index in [0.717, 1.165) is 0 Å². The van der Waals surface area contributed by atoms with E-state index in [9.17, 15) is 8.42 Å². The first-order chi connectivity index (χ1) is 8.97. The zero-order chi connectivity index (χ0) is 14.3. The highest BCUT2D eigenvalue weighted by Gasteiger charge is 2.13. The van der Waals surface area contributed by atoms with E-state index in [0.29, 0.717) is 37.9 Å². The number of anilines is 1. The van der Waals surface area contributed by atoms with Crippen molar-refractivity contribution in [1.82, 2.24) is 14.3 Å². The fraction of sp³-hybridized carbons (Fsp3) is 0.636. The van der Waals surface area contributed by atoms with E-state index >= 15 is 0 Å². The van der Waals surface area contributed by atoms with Crippen LogP contribution < -0.4 is 10.1 Å². The van der Waals surface area contributed by atoms with E-state index in [2.05, 4.69) is 15.3 Å². The van der Waals surface area contributed by atoms with Crippen molar-refractivity contribution in [1.29, 1.82) is 0 Å². The molecule has 0 amide bonds. The van der Waals surface area contributed by atoms with Gasteiger partial charge in [0.1, 0.15) is 0 Å². The van der Waals surface area contributed by atoms with Crippen LogP contribution in [-0.2, 0) is 10.0 Å². The molecule has 1 aromatic heterocycles. The third kappa shape index (κ3) is 5.39. The minimum atomic E-state index is -3.12. The number of hydrogen-bond acceptors (Lipinski definition) is 6. The fourth-order valence-corrected chi connectivity index (χ4v) is 2.48. The molecule has 0 fully saturated rings. The maximum atomic E-state index is 11.4. The Morgan fingerprint density at radius 1 is 1.47 bits per heavy atom. The van der Waals surface area contributed by atoms with Gasteiger partial charge in [0.15, 0.2) is 0 Å².